The van der Waals surface area contributed by atoms with Crippen molar-refractivity contribution in [2.75, 3.05) is 19.7 Å². The summed E-state index contributed by atoms with van der Waals surface area (Å²) in [6.45, 7) is 4.81. The van der Waals surface area contributed by atoms with Gasteiger partial charge in [0.05, 0.1) is 17.1 Å². The normalized spacial score (nSPS) is 20.0. The number of ether oxygens (including phenoxy) is 1. The Hall–Kier alpha value is -0.330. The van der Waals surface area contributed by atoms with E-state index in [-0.39, 0.29) is 10.8 Å². The molecule has 0 spiro atoms. The molecule has 1 aromatic carbocycles. The van der Waals surface area contributed by atoms with Crippen molar-refractivity contribution >= 4 is 33.2 Å². The summed E-state index contributed by atoms with van der Waals surface area (Å²) in [7, 11) is -3.55. The Kier molecular flexibility index (Phi) is 4.66. The lowest BCUT2D eigenvalue weighted by atomic mass is 10.1. The van der Waals surface area contributed by atoms with Crippen LogP contribution in [-0.2, 0) is 20.6 Å². The predicted octanol–water partition coefficient (Wildman–Crippen LogP) is 2.88. The topological polar surface area (TPSA) is 46.6 Å². The number of alkyl halides is 1. The average molecular weight is 338 g/mol. The van der Waals surface area contributed by atoms with E-state index in [4.69, 9.17) is 27.9 Å². The fraction of sp³-hybridized carbons (Fsp3) is 0.538. The van der Waals surface area contributed by atoms with Gasteiger partial charge in [0.25, 0.3) is 0 Å². The van der Waals surface area contributed by atoms with Crippen LogP contribution in [0, 0.1) is 0 Å². The molecule has 1 aliphatic rings. The number of morpholine rings is 1. The minimum Gasteiger partial charge on any atom is -0.373 e. The molecule has 0 unspecified atom stereocenters. The van der Waals surface area contributed by atoms with E-state index in [1.807, 2.05) is 13.8 Å². The summed E-state index contributed by atoms with van der Waals surface area (Å²) in [5, 5.41) is 0.369. The molecule has 0 bridgehead atoms. The van der Waals surface area contributed by atoms with Gasteiger partial charge in [-0.3, -0.25) is 0 Å². The maximum Gasteiger partial charge on any atom is 0.243 e. The van der Waals surface area contributed by atoms with Crippen molar-refractivity contribution in [1.29, 1.82) is 0 Å². The van der Waals surface area contributed by atoms with Crippen LogP contribution in [0.2, 0.25) is 5.02 Å². The van der Waals surface area contributed by atoms with Crippen molar-refractivity contribution in [3.8, 4) is 0 Å². The summed E-state index contributed by atoms with van der Waals surface area (Å²) in [6.07, 6.45) is 0. The van der Waals surface area contributed by atoms with Crippen LogP contribution < -0.4 is 0 Å². The van der Waals surface area contributed by atoms with E-state index in [0.717, 1.165) is 5.56 Å². The second-order valence-electron chi connectivity index (χ2n) is 5.33. The highest BCUT2D eigenvalue weighted by atomic mass is 35.5. The highest BCUT2D eigenvalue weighted by molar-refractivity contribution is 7.89. The molecule has 2 rings (SSSR count). The fourth-order valence-electron chi connectivity index (χ4n) is 2.12. The van der Waals surface area contributed by atoms with E-state index in [0.29, 0.717) is 24.7 Å². The molecule has 0 amide bonds. The van der Waals surface area contributed by atoms with E-state index in [1.54, 1.807) is 12.1 Å². The number of halogens is 2. The first-order chi connectivity index (χ1) is 9.26. The molecular formula is C13H17Cl2NO3S. The molecule has 1 fully saturated rings. The largest absolute Gasteiger partial charge is 0.373 e. The number of hydrogen-bond acceptors (Lipinski definition) is 3. The lowest BCUT2D eigenvalue weighted by Crippen LogP contribution is -2.50. The Morgan fingerprint density at radius 2 is 2.10 bits per heavy atom. The zero-order valence-electron chi connectivity index (χ0n) is 11.4. The Morgan fingerprint density at radius 3 is 2.65 bits per heavy atom. The Balaban J connectivity index is 2.33. The van der Waals surface area contributed by atoms with Gasteiger partial charge in [0.15, 0.2) is 0 Å². The zero-order chi connectivity index (χ0) is 15.0. The van der Waals surface area contributed by atoms with Crippen LogP contribution in [0.5, 0.6) is 0 Å². The van der Waals surface area contributed by atoms with Gasteiger partial charge in [-0.25, -0.2) is 8.42 Å². The summed E-state index contributed by atoms with van der Waals surface area (Å²) in [5.41, 5.74) is 0.236. The van der Waals surface area contributed by atoms with Crippen molar-refractivity contribution < 1.29 is 13.2 Å². The second kappa shape index (κ2) is 5.81. The van der Waals surface area contributed by atoms with Gasteiger partial charge in [-0.2, -0.15) is 4.31 Å². The van der Waals surface area contributed by atoms with E-state index in [9.17, 15) is 8.42 Å². The summed E-state index contributed by atoms with van der Waals surface area (Å²) in [6, 6.07) is 4.65. The van der Waals surface area contributed by atoms with Crippen LogP contribution in [0.3, 0.4) is 0 Å². The molecule has 0 aliphatic carbocycles. The minimum atomic E-state index is -3.55. The highest BCUT2D eigenvalue weighted by Gasteiger charge is 2.35. The molecule has 0 atom stereocenters. The zero-order valence-corrected chi connectivity index (χ0v) is 13.7. The first-order valence-electron chi connectivity index (χ1n) is 6.25. The second-order valence-corrected chi connectivity index (χ2v) is 7.95. The Morgan fingerprint density at radius 1 is 1.40 bits per heavy atom. The number of hydrogen-bond donors (Lipinski definition) is 0. The summed E-state index contributed by atoms with van der Waals surface area (Å²) < 4.78 is 32.2. The SMILES string of the molecule is CC1(C)CN(S(=O)(=O)c2ccc(CCl)c(Cl)c2)CCO1. The van der Waals surface area contributed by atoms with Crippen LogP contribution in [0.25, 0.3) is 0 Å². The summed E-state index contributed by atoms with van der Waals surface area (Å²) in [4.78, 5) is 0.189. The smallest absolute Gasteiger partial charge is 0.243 e. The lowest BCUT2D eigenvalue weighted by molar-refractivity contribution is -0.0640. The third kappa shape index (κ3) is 3.28. The standard InChI is InChI=1S/C13H17Cl2NO3S/c1-13(2)9-16(5-6-19-13)20(17,18)11-4-3-10(8-14)12(15)7-11/h3-4,7H,5-6,8-9H2,1-2H3. The maximum absolute atomic E-state index is 12.6. The van der Waals surface area contributed by atoms with Crippen LogP contribution in [0.15, 0.2) is 23.1 Å². The van der Waals surface area contributed by atoms with Gasteiger partial charge in [-0.1, -0.05) is 17.7 Å². The van der Waals surface area contributed by atoms with E-state index in [2.05, 4.69) is 0 Å². The van der Waals surface area contributed by atoms with E-state index in [1.165, 1.54) is 10.4 Å². The quantitative estimate of drug-likeness (QED) is 0.796. The highest BCUT2D eigenvalue weighted by Crippen LogP contribution is 2.27. The number of sulfonamides is 1. The first-order valence-corrected chi connectivity index (χ1v) is 8.60. The third-order valence-corrected chi connectivity index (χ3v) is 5.68. The molecule has 112 valence electrons. The number of nitrogens with zero attached hydrogens (tertiary/aromatic N) is 1. The van der Waals surface area contributed by atoms with E-state index < -0.39 is 15.6 Å². The lowest BCUT2D eigenvalue weighted by Gasteiger charge is -2.37. The van der Waals surface area contributed by atoms with Gasteiger partial charge in [0.1, 0.15) is 0 Å². The van der Waals surface area contributed by atoms with Gasteiger partial charge >= 0.3 is 0 Å². The number of benzene rings is 1. The molecule has 1 aliphatic heterocycles. The van der Waals surface area contributed by atoms with Gasteiger partial charge < -0.3 is 4.74 Å². The average Bonchev–Trinajstić information content (AvgIpc) is 2.37. The van der Waals surface area contributed by atoms with Gasteiger partial charge in [0.2, 0.25) is 10.0 Å². The first kappa shape index (κ1) is 16.0. The van der Waals surface area contributed by atoms with Crippen molar-refractivity contribution in [2.45, 2.75) is 30.2 Å². The molecule has 1 saturated heterocycles. The summed E-state index contributed by atoms with van der Waals surface area (Å²) >= 11 is 11.8. The Labute approximate surface area is 129 Å². The van der Waals surface area contributed by atoms with Crippen LogP contribution in [0.4, 0.5) is 0 Å². The van der Waals surface area contributed by atoms with Crippen LogP contribution in [0.1, 0.15) is 19.4 Å². The van der Waals surface area contributed by atoms with Gasteiger partial charge in [-0.15, -0.1) is 11.6 Å². The van der Waals surface area contributed by atoms with Crippen LogP contribution in [-0.4, -0.2) is 38.0 Å². The monoisotopic (exact) mass is 337 g/mol. The molecule has 4 nitrogen and oxygen atoms in total. The Bertz CT molecular complexity index is 602. The van der Waals surface area contributed by atoms with Crippen molar-refractivity contribution in [3.05, 3.63) is 28.8 Å². The molecule has 0 radical (unpaired) electrons. The fourth-order valence-corrected chi connectivity index (χ4v) is 4.34. The predicted molar refractivity (Wildman–Crippen MR) is 79.8 cm³/mol. The molecule has 1 aromatic rings. The van der Waals surface area contributed by atoms with Crippen molar-refractivity contribution in [3.63, 3.8) is 0 Å². The molecule has 0 N–H and O–H groups in total. The van der Waals surface area contributed by atoms with Crippen LogP contribution >= 0.6 is 23.2 Å². The number of rotatable bonds is 3. The molecule has 20 heavy (non-hydrogen) atoms. The summed E-state index contributed by atoms with van der Waals surface area (Å²) in [5.74, 6) is 0.254. The van der Waals surface area contributed by atoms with Crippen molar-refractivity contribution in [2.24, 2.45) is 0 Å². The molecular weight excluding hydrogens is 321 g/mol. The molecule has 0 aromatic heterocycles. The minimum absolute atomic E-state index is 0.189. The van der Waals surface area contributed by atoms with E-state index >= 15 is 0 Å². The van der Waals surface area contributed by atoms with Crippen molar-refractivity contribution in [1.82, 2.24) is 4.31 Å². The molecule has 7 heteroatoms. The third-order valence-electron chi connectivity index (χ3n) is 3.20. The maximum atomic E-state index is 12.6. The van der Waals surface area contributed by atoms with Gasteiger partial charge in [0, 0.05) is 24.0 Å². The molecule has 1 heterocycles. The van der Waals surface area contributed by atoms with Gasteiger partial charge in [-0.05, 0) is 31.5 Å². The molecule has 0 saturated carbocycles.